The van der Waals surface area contributed by atoms with Crippen LogP contribution in [0.4, 0.5) is 13.2 Å². The Bertz CT molecular complexity index is 740. The molecular formula is C17H13F3NO4-. The minimum Gasteiger partial charge on any atom is -0.545 e. The van der Waals surface area contributed by atoms with Gasteiger partial charge in [-0.1, -0.05) is 0 Å². The lowest BCUT2D eigenvalue weighted by molar-refractivity contribution is -0.297. The number of hydrogen-bond donors (Lipinski definition) is 0. The molecule has 0 spiro atoms. The van der Waals surface area contributed by atoms with Gasteiger partial charge in [0.25, 0.3) is 0 Å². The number of aromatic nitrogens is 1. The van der Waals surface area contributed by atoms with Crippen molar-refractivity contribution in [2.24, 2.45) is 0 Å². The number of benzene rings is 1. The molecule has 0 saturated carbocycles. The summed E-state index contributed by atoms with van der Waals surface area (Å²) in [4.78, 5) is 13.9. The van der Waals surface area contributed by atoms with Gasteiger partial charge in [-0.3, -0.25) is 0 Å². The smallest absolute Gasteiger partial charge is 0.417 e. The average molecular weight is 352 g/mol. The number of nitrogens with zero attached hydrogens (tertiary/aromatic N) is 1. The van der Waals surface area contributed by atoms with Crippen LogP contribution in [0.1, 0.15) is 12.5 Å². The lowest BCUT2D eigenvalue weighted by Gasteiger charge is -2.12. The zero-order chi connectivity index (χ0) is 18.4. The molecular weight excluding hydrogens is 339 g/mol. The Balaban J connectivity index is 1.97. The second kappa shape index (κ2) is 7.69. The number of rotatable bonds is 6. The van der Waals surface area contributed by atoms with Gasteiger partial charge in [0.1, 0.15) is 17.6 Å². The monoisotopic (exact) mass is 352 g/mol. The molecule has 1 unspecified atom stereocenters. The summed E-state index contributed by atoms with van der Waals surface area (Å²) in [5.74, 6) is -0.476. The van der Waals surface area contributed by atoms with E-state index in [-0.39, 0.29) is 5.88 Å². The fourth-order valence-corrected chi connectivity index (χ4v) is 1.78. The summed E-state index contributed by atoms with van der Waals surface area (Å²) in [5, 5.41) is 10.3. The normalized spacial score (nSPS) is 12.8. The minimum atomic E-state index is -4.45. The molecule has 0 bridgehead atoms. The predicted molar refractivity (Wildman–Crippen MR) is 80.0 cm³/mol. The summed E-state index contributed by atoms with van der Waals surface area (Å²) in [6, 6.07) is 8.24. The van der Waals surface area contributed by atoms with Crippen LogP contribution in [0.5, 0.6) is 17.4 Å². The molecule has 0 aliphatic rings. The van der Waals surface area contributed by atoms with Crippen molar-refractivity contribution >= 4 is 5.97 Å². The SMILES string of the molecule is CC(/C=C/C(=O)[O-])Oc1ccc(Oc2ccc(C(F)(F)F)cn2)cc1. The summed E-state index contributed by atoms with van der Waals surface area (Å²) in [5.41, 5.74) is -0.859. The first-order valence-electron chi connectivity index (χ1n) is 7.11. The van der Waals surface area contributed by atoms with Gasteiger partial charge in [0, 0.05) is 12.3 Å². The fraction of sp³-hybridized carbons (Fsp3) is 0.176. The van der Waals surface area contributed by atoms with Crippen molar-refractivity contribution in [2.75, 3.05) is 0 Å². The molecule has 1 aromatic heterocycles. The summed E-state index contributed by atoms with van der Waals surface area (Å²) in [7, 11) is 0. The Labute approximate surface area is 141 Å². The van der Waals surface area contributed by atoms with Crippen LogP contribution in [-0.2, 0) is 11.0 Å². The van der Waals surface area contributed by atoms with E-state index in [1.807, 2.05) is 0 Å². The first kappa shape index (κ1) is 18.3. The van der Waals surface area contributed by atoms with E-state index >= 15 is 0 Å². The molecule has 0 aliphatic heterocycles. The predicted octanol–water partition coefficient (Wildman–Crippen LogP) is 2.97. The molecule has 132 valence electrons. The lowest BCUT2D eigenvalue weighted by Crippen LogP contribution is -2.20. The van der Waals surface area contributed by atoms with Crippen LogP contribution in [0.2, 0.25) is 0 Å². The molecule has 0 radical (unpaired) electrons. The molecule has 2 rings (SSSR count). The third-order valence-electron chi connectivity index (χ3n) is 2.94. The quantitative estimate of drug-likeness (QED) is 0.748. The van der Waals surface area contributed by atoms with E-state index in [0.29, 0.717) is 17.7 Å². The third kappa shape index (κ3) is 5.83. The molecule has 0 saturated heterocycles. The van der Waals surface area contributed by atoms with Gasteiger partial charge >= 0.3 is 6.18 Å². The molecule has 0 aliphatic carbocycles. The molecule has 5 nitrogen and oxygen atoms in total. The maximum atomic E-state index is 12.5. The molecule has 0 amide bonds. The Kier molecular flexibility index (Phi) is 5.63. The van der Waals surface area contributed by atoms with E-state index in [1.54, 1.807) is 31.2 Å². The van der Waals surface area contributed by atoms with E-state index in [1.165, 1.54) is 6.08 Å². The Morgan fingerprint density at radius 1 is 1.16 bits per heavy atom. The van der Waals surface area contributed by atoms with Crippen LogP contribution < -0.4 is 14.6 Å². The van der Waals surface area contributed by atoms with Gasteiger partial charge in [0.15, 0.2) is 0 Å². The Hall–Kier alpha value is -3.03. The average Bonchev–Trinajstić information content (AvgIpc) is 2.54. The van der Waals surface area contributed by atoms with E-state index in [2.05, 4.69) is 4.98 Å². The molecule has 25 heavy (non-hydrogen) atoms. The van der Waals surface area contributed by atoms with Crippen molar-refractivity contribution in [3.05, 3.63) is 60.3 Å². The lowest BCUT2D eigenvalue weighted by atomic mass is 10.3. The van der Waals surface area contributed by atoms with Crippen molar-refractivity contribution in [3.63, 3.8) is 0 Å². The Morgan fingerprint density at radius 2 is 1.80 bits per heavy atom. The van der Waals surface area contributed by atoms with Gasteiger partial charge in [-0.25, -0.2) is 4.98 Å². The molecule has 8 heteroatoms. The highest BCUT2D eigenvalue weighted by Crippen LogP contribution is 2.30. The Morgan fingerprint density at radius 3 is 2.32 bits per heavy atom. The number of pyridine rings is 1. The van der Waals surface area contributed by atoms with E-state index in [9.17, 15) is 23.1 Å². The number of carbonyl (C=O) groups excluding carboxylic acids is 1. The summed E-state index contributed by atoms with van der Waals surface area (Å²) in [6.45, 7) is 1.65. The fourth-order valence-electron chi connectivity index (χ4n) is 1.78. The maximum Gasteiger partial charge on any atom is 0.417 e. The van der Waals surface area contributed by atoms with Crippen LogP contribution in [0.15, 0.2) is 54.7 Å². The second-order valence-electron chi connectivity index (χ2n) is 4.96. The number of ether oxygens (including phenoxy) is 2. The van der Waals surface area contributed by atoms with E-state index in [4.69, 9.17) is 9.47 Å². The van der Waals surface area contributed by atoms with Gasteiger partial charge in [0.05, 0.1) is 11.5 Å². The van der Waals surface area contributed by atoms with Crippen LogP contribution >= 0.6 is 0 Å². The molecule has 1 heterocycles. The van der Waals surface area contributed by atoms with Gasteiger partial charge < -0.3 is 19.4 Å². The minimum absolute atomic E-state index is 0.0203. The van der Waals surface area contributed by atoms with Crippen LogP contribution in [0.3, 0.4) is 0 Å². The summed E-state index contributed by atoms with van der Waals surface area (Å²) >= 11 is 0. The van der Waals surface area contributed by atoms with Gasteiger partial charge in [-0.15, -0.1) is 0 Å². The molecule has 1 aromatic carbocycles. The van der Waals surface area contributed by atoms with E-state index < -0.39 is 23.8 Å². The largest absolute Gasteiger partial charge is 0.545 e. The first-order valence-corrected chi connectivity index (χ1v) is 7.11. The van der Waals surface area contributed by atoms with Crippen molar-refractivity contribution in [3.8, 4) is 17.4 Å². The number of carboxylic acids is 1. The van der Waals surface area contributed by atoms with Crippen molar-refractivity contribution in [2.45, 2.75) is 19.2 Å². The maximum absolute atomic E-state index is 12.5. The summed E-state index contributed by atoms with van der Waals surface area (Å²) in [6.07, 6.45) is -2.05. The number of alkyl halides is 3. The van der Waals surface area contributed by atoms with Gasteiger partial charge in [0.2, 0.25) is 5.88 Å². The van der Waals surface area contributed by atoms with Crippen LogP contribution in [0.25, 0.3) is 0 Å². The van der Waals surface area contributed by atoms with Crippen molar-refractivity contribution in [1.82, 2.24) is 4.98 Å². The first-order chi connectivity index (χ1) is 11.7. The van der Waals surface area contributed by atoms with Gasteiger partial charge in [-0.05, 0) is 49.4 Å². The zero-order valence-corrected chi connectivity index (χ0v) is 13.0. The molecule has 2 aromatic rings. The number of hydrogen-bond acceptors (Lipinski definition) is 5. The van der Waals surface area contributed by atoms with Crippen LogP contribution in [0, 0.1) is 0 Å². The zero-order valence-electron chi connectivity index (χ0n) is 13.0. The molecule has 0 N–H and O–H groups in total. The number of carbonyl (C=O) groups is 1. The third-order valence-corrected chi connectivity index (χ3v) is 2.94. The second-order valence-corrected chi connectivity index (χ2v) is 4.96. The molecule has 1 atom stereocenters. The number of aliphatic carboxylic acids is 1. The highest BCUT2D eigenvalue weighted by atomic mass is 19.4. The molecule has 0 fully saturated rings. The number of carboxylic acid groups (broad SMARTS) is 1. The number of halogens is 3. The van der Waals surface area contributed by atoms with Crippen molar-refractivity contribution < 1.29 is 32.5 Å². The van der Waals surface area contributed by atoms with Gasteiger partial charge in [-0.2, -0.15) is 13.2 Å². The highest BCUT2D eigenvalue weighted by Gasteiger charge is 2.30. The van der Waals surface area contributed by atoms with Crippen molar-refractivity contribution in [1.29, 1.82) is 0 Å². The topological polar surface area (TPSA) is 71.5 Å². The van der Waals surface area contributed by atoms with E-state index in [0.717, 1.165) is 18.2 Å². The van der Waals surface area contributed by atoms with Crippen LogP contribution in [-0.4, -0.2) is 17.1 Å². The standard InChI is InChI=1S/C17H14F3NO4/c1-11(2-9-16(22)23)24-13-4-6-14(7-5-13)25-15-8-3-12(10-21-15)17(18,19)20/h2-11H,1H3,(H,22,23)/p-1/b9-2+. The highest BCUT2D eigenvalue weighted by molar-refractivity contribution is 5.77. The summed E-state index contributed by atoms with van der Waals surface area (Å²) < 4.78 is 48.2.